The smallest absolute Gasteiger partial charge is 0.143 e. The molecule has 0 bridgehead atoms. The van der Waals surface area contributed by atoms with Gasteiger partial charge in [0.2, 0.25) is 0 Å². The van der Waals surface area contributed by atoms with Gasteiger partial charge in [-0.15, -0.1) is 5.10 Å². The van der Waals surface area contributed by atoms with Crippen molar-refractivity contribution in [3.05, 3.63) is 66.0 Å². The minimum Gasteiger partial charge on any atom is -0.491 e. The first-order valence-electron chi connectivity index (χ1n) is 10.0. The van der Waals surface area contributed by atoms with Crippen molar-refractivity contribution in [2.75, 3.05) is 13.2 Å². The van der Waals surface area contributed by atoms with E-state index < -0.39 is 6.10 Å². The van der Waals surface area contributed by atoms with Gasteiger partial charge in [0.05, 0.1) is 5.69 Å². The largest absolute Gasteiger partial charge is 0.491 e. The molecular formula is C22H29N5O2. The Bertz CT molecular complexity index is 867. The van der Waals surface area contributed by atoms with E-state index in [4.69, 9.17) is 4.74 Å². The van der Waals surface area contributed by atoms with Gasteiger partial charge in [-0.25, -0.2) is 4.68 Å². The number of nitrogens with one attached hydrogen (secondary N) is 1. The summed E-state index contributed by atoms with van der Waals surface area (Å²) in [5, 5.41) is 24.9. The summed E-state index contributed by atoms with van der Waals surface area (Å²) in [4.78, 5) is 0. The van der Waals surface area contributed by atoms with E-state index in [0.29, 0.717) is 12.5 Å². The minimum atomic E-state index is -0.595. The molecule has 2 aromatic carbocycles. The minimum absolute atomic E-state index is 0.0972. The van der Waals surface area contributed by atoms with E-state index in [1.54, 1.807) is 11.0 Å². The third-order valence-electron chi connectivity index (χ3n) is 5.16. The summed E-state index contributed by atoms with van der Waals surface area (Å²) in [6.07, 6.45) is 2.02. The van der Waals surface area contributed by atoms with Crippen LogP contribution in [0.1, 0.15) is 50.3 Å². The molecule has 3 atom stereocenters. The third kappa shape index (κ3) is 5.62. The van der Waals surface area contributed by atoms with Crippen LogP contribution in [0.3, 0.4) is 0 Å². The standard InChI is InChI=1S/C22H29N5O2/c1-4-16(2)21-7-5-6-8-22(21)29-14-20(28)13-23-17(3)18-9-11-19(12-10-18)27-15-24-25-26-27/h5-12,15-17,20,23,28H,4,13-14H2,1-3H3. The van der Waals surface area contributed by atoms with Gasteiger partial charge in [-0.05, 0) is 59.0 Å². The highest BCUT2D eigenvalue weighted by Crippen LogP contribution is 2.28. The summed E-state index contributed by atoms with van der Waals surface area (Å²) in [7, 11) is 0. The lowest BCUT2D eigenvalue weighted by Crippen LogP contribution is -2.33. The molecule has 3 rings (SSSR count). The lowest BCUT2D eigenvalue weighted by Gasteiger charge is -2.20. The van der Waals surface area contributed by atoms with Gasteiger partial charge in [-0.2, -0.15) is 0 Å². The highest BCUT2D eigenvalue weighted by atomic mass is 16.5. The van der Waals surface area contributed by atoms with E-state index in [0.717, 1.165) is 23.4 Å². The maximum absolute atomic E-state index is 10.3. The molecule has 0 aliphatic carbocycles. The van der Waals surface area contributed by atoms with Gasteiger partial charge in [-0.3, -0.25) is 0 Å². The van der Waals surface area contributed by atoms with Crippen LogP contribution >= 0.6 is 0 Å². The second kappa shape index (κ2) is 10.1. The molecule has 29 heavy (non-hydrogen) atoms. The van der Waals surface area contributed by atoms with Crippen LogP contribution in [0, 0.1) is 0 Å². The van der Waals surface area contributed by atoms with E-state index in [1.807, 2.05) is 42.5 Å². The third-order valence-corrected chi connectivity index (χ3v) is 5.16. The first-order chi connectivity index (χ1) is 14.1. The maximum atomic E-state index is 10.3. The van der Waals surface area contributed by atoms with Crippen molar-refractivity contribution < 1.29 is 9.84 Å². The highest BCUT2D eigenvalue weighted by molar-refractivity contribution is 5.36. The van der Waals surface area contributed by atoms with Crippen molar-refractivity contribution in [3.8, 4) is 11.4 Å². The van der Waals surface area contributed by atoms with Gasteiger partial charge in [0.1, 0.15) is 24.8 Å². The first-order valence-corrected chi connectivity index (χ1v) is 10.0. The normalized spacial score (nSPS) is 14.3. The number of ether oxygens (including phenoxy) is 1. The Kier molecular flexibility index (Phi) is 7.32. The molecule has 154 valence electrons. The number of tetrazole rings is 1. The van der Waals surface area contributed by atoms with Crippen molar-refractivity contribution in [2.24, 2.45) is 0 Å². The topological polar surface area (TPSA) is 85.1 Å². The van der Waals surface area contributed by atoms with Gasteiger partial charge in [0.25, 0.3) is 0 Å². The molecule has 0 saturated carbocycles. The average molecular weight is 396 g/mol. The van der Waals surface area contributed by atoms with Crippen molar-refractivity contribution in [2.45, 2.75) is 45.3 Å². The Hall–Kier alpha value is -2.77. The number of aromatic nitrogens is 4. The number of hydrogen-bond donors (Lipinski definition) is 2. The second-order valence-electron chi connectivity index (χ2n) is 7.29. The molecule has 0 spiro atoms. The van der Waals surface area contributed by atoms with Crippen LogP contribution in [-0.2, 0) is 0 Å². The molecule has 2 N–H and O–H groups in total. The number of para-hydroxylation sites is 1. The summed E-state index contributed by atoms with van der Waals surface area (Å²) < 4.78 is 7.52. The van der Waals surface area contributed by atoms with Gasteiger partial charge in [0.15, 0.2) is 0 Å². The number of hydrogen-bond acceptors (Lipinski definition) is 6. The first kappa shape index (κ1) is 21.0. The Morgan fingerprint density at radius 2 is 1.86 bits per heavy atom. The van der Waals surface area contributed by atoms with Crippen molar-refractivity contribution in [1.82, 2.24) is 25.5 Å². The average Bonchev–Trinajstić information content (AvgIpc) is 3.30. The van der Waals surface area contributed by atoms with Crippen LogP contribution in [0.4, 0.5) is 0 Å². The number of nitrogens with zero attached hydrogens (tertiary/aromatic N) is 4. The Morgan fingerprint density at radius 1 is 1.10 bits per heavy atom. The monoisotopic (exact) mass is 395 g/mol. The van der Waals surface area contributed by atoms with Crippen LogP contribution < -0.4 is 10.1 Å². The van der Waals surface area contributed by atoms with Gasteiger partial charge in [-0.1, -0.05) is 44.2 Å². The summed E-state index contributed by atoms with van der Waals surface area (Å²) in [5.41, 5.74) is 3.21. The highest BCUT2D eigenvalue weighted by Gasteiger charge is 2.13. The lowest BCUT2D eigenvalue weighted by molar-refractivity contribution is 0.103. The Labute approximate surface area is 171 Å². The number of benzene rings is 2. The molecule has 0 saturated heterocycles. The van der Waals surface area contributed by atoms with Gasteiger partial charge >= 0.3 is 0 Å². The Morgan fingerprint density at radius 3 is 2.55 bits per heavy atom. The molecule has 0 aliphatic heterocycles. The van der Waals surface area contributed by atoms with Crippen molar-refractivity contribution in [3.63, 3.8) is 0 Å². The second-order valence-corrected chi connectivity index (χ2v) is 7.29. The molecular weight excluding hydrogens is 366 g/mol. The van der Waals surface area contributed by atoms with Crippen molar-refractivity contribution in [1.29, 1.82) is 0 Å². The fourth-order valence-electron chi connectivity index (χ4n) is 3.11. The zero-order valence-electron chi connectivity index (χ0n) is 17.2. The van der Waals surface area contributed by atoms with Crippen LogP contribution in [0.5, 0.6) is 5.75 Å². The lowest BCUT2D eigenvalue weighted by atomic mass is 9.98. The zero-order valence-corrected chi connectivity index (χ0v) is 17.2. The van der Waals surface area contributed by atoms with Crippen molar-refractivity contribution >= 4 is 0 Å². The summed E-state index contributed by atoms with van der Waals surface area (Å²) in [6, 6.07) is 16.1. The summed E-state index contributed by atoms with van der Waals surface area (Å²) in [5.74, 6) is 1.28. The number of aliphatic hydroxyl groups is 1. The van der Waals surface area contributed by atoms with E-state index in [9.17, 15) is 5.11 Å². The molecule has 0 amide bonds. The molecule has 1 heterocycles. The molecule has 3 unspecified atom stereocenters. The van der Waals surface area contributed by atoms with E-state index in [1.165, 1.54) is 5.56 Å². The van der Waals surface area contributed by atoms with Gasteiger partial charge in [0, 0.05) is 12.6 Å². The quantitative estimate of drug-likeness (QED) is 0.548. The molecule has 0 radical (unpaired) electrons. The molecule has 0 aliphatic rings. The summed E-state index contributed by atoms with van der Waals surface area (Å²) in [6.45, 7) is 7.12. The molecule has 7 nitrogen and oxygen atoms in total. The number of aliphatic hydroxyl groups excluding tert-OH is 1. The zero-order chi connectivity index (χ0) is 20.6. The van der Waals surface area contributed by atoms with Crippen LogP contribution in [-0.4, -0.2) is 44.6 Å². The maximum Gasteiger partial charge on any atom is 0.143 e. The van der Waals surface area contributed by atoms with Crippen LogP contribution in [0.15, 0.2) is 54.9 Å². The fourth-order valence-corrected chi connectivity index (χ4v) is 3.11. The molecule has 7 heteroatoms. The SMILES string of the molecule is CCC(C)c1ccccc1OCC(O)CNC(C)c1ccc(-n2cnnn2)cc1. The summed E-state index contributed by atoms with van der Waals surface area (Å²) >= 11 is 0. The predicted molar refractivity (Wildman–Crippen MR) is 112 cm³/mol. The van der Waals surface area contributed by atoms with Crippen LogP contribution in [0.2, 0.25) is 0 Å². The Balaban J connectivity index is 1.49. The molecule has 3 aromatic rings. The predicted octanol–water partition coefficient (Wildman–Crippen LogP) is 3.27. The molecule has 0 fully saturated rings. The van der Waals surface area contributed by atoms with Crippen LogP contribution in [0.25, 0.3) is 5.69 Å². The fraction of sp³-hybridized carbons (Fsp3) is 0.409. The molecule has 1 aromatic heterocycles. The van der Waals surface area contributed by atoms with E-state index >= 15 is 0 Å². The number of rotatable bonds is 10. The van der Waals surface area contributed by atoms with E-state index in [2.05, 4.69) is 47.7 Å². The van der Waals surface area contributed by atoms with E-state index in [-0.39, 0.29) is 12.6 Å². The van der Waals surface area contributed by atoms with Gasteiger partial charge < -0.3 is 15.2 Å².